The van der Waals surface area contributed by atoms with Gasteiger partial charge < -0.3 is 20.1 Å². The first-order chi connectivity index (χ1) is 10.4. The summed E-state index contributed by atoms with van der Waals surface area (Å²) in [6.07, 6.45) is 0.276. The molecule has 2 rings (SSSR count). The second-order valence-electron chi connectivity index (χ2n) is 4.74. The van der Waals surface area contributed by atoms with E-state index in [1.54, 1.807) is 24.3 Å². The summed E-state index contributed by atoms with van der Waals surface area (Å²) < 4.78 is 5.51. The molecule has 3 N–H and O–H groups in total. The van der Waals surface area contributed by atoms with E-state index in [1.165, 1.54) is 13.0 Å². The third kappa shape index (κ3) is 3.26. The van der Waals surface area contributed by atoms with Crippen molar-refractivity contribution in [2.24, 2.45) is 0 Å². The SMILES string of the molecule is Cc1c(O)c(CCOc2ccccc2Cl)cc(C(=O)O)c1O. The Labute approximate surface area is 132 Å². The minimum atomic E-state index is -1.26. The van der Waals surface area contributed by atoms with Crippen molar-refractivity contribution in [3.8, 4) is 17.2 Å². The van der Waals surface area contributed by atoms with Gasteiger partial charge in [0.1, 0.15) is 22.8 Å². The Morgan fingerprint density at radius 1 is 1.23 bits per heavy atom. The maximum absolute atomic E-state index is 11.1. The molecule has 5 nitrogen and oxygen atoms in total. The first-order valence-electron chi connectivity index (χ1n) is 6.56. The Hall–Kier alpha value is -2.40. The highest BCUT2D eigenvalue weighted by atomic mass is 35.5. The van der Waals surface area contributed by atoms with E-state index >= 15 is 0 Å². The topological polar surface area (TPSA) is 87.0 Å². The number of benzene rings is 2. The molecular weight excluding hydrogens is 308 g/mol. The number of para-hydroxylation sites is 1. The van der Waals surface area contributed by atoms with Crippen molar-refractivity contribution in [1.29, 1.82) is 0 Å². The lowest BCUT2D eigenvalue weighted by atomic mass is 10.0. The molecule has 0 spiro atoms. The van der Waals surface area contributed by atoms with E-state index in [-0.39, 0.29) is 29.9 Å². The Balaban J connectivity index is 2.16. The van der Waals surface area contributed by atoms with E-state index in [0.717, 1.165) is 0 Å². The van der Waals surface area contributed by atoms with Gasteiger partial charge >= 0.3 is 5.97 Å². The van der Waals surface area contributed by atoms with Crippen LogP contribution >= 0.6 is 11.6 Å². The third-order valence-corrected chi connectivity index (χ3v) is 3.60. The van der Waals surface area contributed by atoms with Crippen LogP contribution in [0.5, 0.6) is 17.2 Å². The summed E-state index contributed by atoms with van der Waals surface area (Å²) in [6, 6.07) is 8.22. The average Bonchev–Trinajstić information content (AvgIpc) is 2.48. The Bertz CT molecular complexity index is 712. The fourth-order valence-electron chi connectivity index (χ4n) is 2.05. The molecule has 0 saturated heterocycles. The molecule has 0 radical (unpaired) electrons. The van der Waals surface area contributed by atoms with Gasteiger partial charge in [0.15, 0.2) is 0 Å². The number of aromatic carboxylic acids is 1. The second-order valence-corrected chi connectivity index (χ2v) is 5.15. The summed E-state index contributed by atoms with van der Waals surface area (Å²) in [5, 5.41) is 29.3. The summed E-state index contributed by atoms with van der Waals surface area (Å²) >= 11 is 5.96. The van der Waals surface area contributed by atoms with E-state index in [1.807, 2.05) is 0 Å². The summed E-state index contributed by atoms with van der Waals surface area (Å²) in [7, 11) is 0. The highest BCUT2D eigenvalue weighted by Crippen LogP contribution is 2.34. The number of phenolic OH excluding ortho intramolecular Hbond substituents is 1. The summed E-state index contributed by atoms with van der Waals surface area (Å²) in [5.41, 5.74) is 0.274. The van der Waals surface area contributed by atoms with Crippen LogP contribution < -0.4 is 4.74 Å². The van der Waals surface area contributed by atoms with Crippen LogP contribution in [0.4, 0.5) is 0 Å². The molecule has 0 aliphatic carbocycles. The second kappa shape index (κ2) is 6.58. The van der Waals surface area contributed by atoms with Crippen molar-refractivity contribution in [3.63, 3.8) is 0 Å². The maximum Gasteiger partial charge on any atom is 0.339 e. The van der Waals surface area contributed by atoms with Crippen molar-refractivity contribution in [2.75, 3.05) is 6.61 Å². The lowest BCUT2D eigenvalue weighted by Crippen LogP contribution is -2.05. The van der Waals surface area contributed by atoms with Crippen LogP contribution in [0.3, 0.4) is 0 Å². The van der Waals surface area contributed by atoms with Gasteiger partial charge in [-0.25, -0.2) is 4.79 Å². The average molecular weight is 323 g/mol. The number of ether oxygens (including phenoxy) is 1. The largest absolute Gasteiger partial charge is 0.507 e. The molecular formula is C16H15ClO5. The number of halogens is 1. The first kappa shape index (κ1) is 16.0. The number of phenols is 2. The Kier molecular flexibility index (Phi) is 4.78. The maximum atomic E-state index is 11.1. The van der Waals surface area contributed by atoms with Crippen LogP contribution in [0.1, 0.15) is 21.5 Å². The molecule has 0 fully saturated rings. The molecule has 116 valence electrons. The van der Waals surface area contributed by atoms with Crippen LogP contribution in [0.25, 0.3) is 0 Å². The van der Waals surface area contributed by atoms with Crippen LogP contribution in [0, 0.1) is 6.92 Å². The van der Waals surface area contributed by atoms with Gasteiger partial charge in [-0.15, -0.1) is 0 Å². The third-order valence-electron chi connectivity index (χ3n) is 3.28. The molecule has 2 aromatic rings. The van der Waals surface area contributed by atoms with E-state index in [0.29, 0.717) is 16.3 Å². The normalized spacial score (nSPS) is 10.5. The molecule has 22 heavy (non-hydrogen) atoms. The van der Waals surface area contributed by atoms with Gasteiger partial charge in [0.05, 0.1) is 11.6 Å². The molecule has 0 saturated carbocycles. The van der Waals surface area contributed by atoms with Gasteiger partial charge in [-0.2, -0.15) is 0 Å². The quantitative estimate of drug-likeness (QED) is 0.785. The van der Waals surface area contributed by atoms with Gasteiger partial charge in [0, 0.05) is 12.0 Å². The monoisotopic (exact) mass is 322 g/mol. The molecule has 0 aromatic heterocycles. The molecule has 0 aliphatic heterocycles. The van der Waals surface area contributed by atoms with Crippen molar-refractivity contribution in [3.05, 3.63) is 52.0 Å². The number of hydrogen-bond donors (Lipinski definition) is 3. The number of aromatic hydroxyl groups is 2. The number of carboxylic acid groups (broad SMARTS) is 1. The summed E-state index contributed by atoms with van der Waals surface area (Å²) in [5.74, 6) is -1.31. The molecule has 2 aromatic carbocycles. The van der Waals surface area contributed by atoms with Gasteiger partial charge in [-0.3, -0.25) is 0 Å². The van der Waals surface area contributed by atoms with Gasteiger partial charge in [0.2, 0.25) is 0 Å². The zero-order valence-electron chi connectivity index (χ0n) is 11.8. The molecule has 0 unspecified atom stereocenters. The zero-order chi connectivity index (χ0) is 16.3. The highest BCUT2D eigenvalue weighted by Gasteiger charge is 2.18. The molecule has 0 bridgehead atoms. The molecule has 0 aliphatic rings. The fourth-order valence-corrected chi connectivity index (χ4v) is 2.24. The number of rotatable bonds is 5. The standard InChI is InChI=1S/C16H15ClO5/c1-9-14(18)10(8-11(15(9)19)16(20)21)6-7-22-13-5-3-2-4-12(13)17/h2-5,8,18-19H,6-7H2,1H3,(H,20,21). The predicted octanol–water partition coefficient (Wildman–Crippen LogP) is 3.38. The van der Waals surface area contributed by atoms with E-state index in [9.17, 15) is 15.0 Å². The fraction of sp³-hybridized carbons (Fsp3) is 0.188. The summed E-state index contributed by atoms with van der Waals surface area (Å²) in [4.78, 5) is 11.1. The van der Waals surface area contributed by atoms with Crippen molar-refractivity contribution < 1.29 is 24.9 Å². The lowest BCUT2D eigenvalue weighted by molar-refractivity contribution is 0.0693. The zero-order valence-corrected chi connectivity index (χ0v) is 12.6. The molecule has 0 amide bonds. The highest BCUT2D eigenvalue weighted by molar-refractivity contribution is 6.32. The van der Waals surface area contributed by atoms with Gasteiger partial charge in [0.25, 0.3) is 0 Å². The van der Waals surface area contributed by atoms with Crippen LogP contribution in [0.2, 0.25) is 5.02 Å². The minimum Gasteiger partial charge on any atom is -0.507 e. The van der Waals surface area contributed by atoms with Gasteiger partial charge in [-0.1, -0.05) is 23.7 Å². The molecule has 0 atom stereocenters. The predicted molar refractivity (Wildman–Crippen MR) is 82.1 cm³/mol. The first-order valence-corrected chi connectivity index (χ1v) is 6.94. The van der Waals surface area contributed by atoms with Crippen molar-refractivity contribution in [2.45, 2.75) is 13.3 Å². The van der Waals surface area contributed by atoms with Crippen molar-refractivity contribution >= 4 is 17.6 Å². The lowest BCUT2D eigenvalue weighted by Gasteiger charge is -2.12. The molecule has 6 heteroatoms. The number of carboxylic acids is 1. The van der Waals surface area contributed by atoms with Crippen molar-refractivity contribution in [1.82, 2.24) is 0 Å². The van der Waals surface area contributed by atoms with Gasteiger partial charge in [-0.05, 0) is 30.7 Å². The Morgan fingerprint density at radius 3 is 2.55 bits per heavy atom. The Morgan fingerprint density at radius 2 is 1.91 bits per heavy atom. The van der Waals surface area contributed by atoms with E-state index in [4.69, 9.17) is 21.4 Å². The number of hydrogen-bond acceptors (Lipinski definition) is 4. The summed E-state index contributed by atoms with van der Waals surface area (Å²) in [6.45, 7) is 1.66. The minimum absolute atomic E-state index is 0.132. The molecule has 0 heterocycles. The smallest absolute Gasteiger partial charge is 0.339 e. The van der Waals surface area contributed by atoms with Crippen LogP contribution in [0.15, 0.2) is 30.3 Å². The van der Waals surface area contributed by atoms with Crippen LogP contribution in [-0.4, -0.2) is 27.9 Å². The van der Waals surface area contributed by atoms with E-state index in [2.05, 4.69) is 0 Å². The number of carbonyl (C=O) groups is 1. The van der Waals surface area contributed by atoms with E-state index < -0.39 is 11.7 Å². The van der Waals surface area contributed by atoms with Crippen LogP contribution in [-0.2, 0) is 6.42 Å².